The highest BCUT2D eigenvalue weighted by Crippen LogP contribution is 2.11. The van der Waals surface area contributed by atoms with Gasteiger partial charge in [-0.1, -0.05) is 24.6 Å². The van der Waals surface area contributed by atoms with E-state index in [9.17, 15) is 8.76 Å². The number of aryl methyl sites for hydroxylation is 1. The minimum atomic E-state index is -2.82. The van der Waals surface area contributed by atoms with Crippen molar-refractivity contribution in [1.29, 1.82) is 0 Å². The van der Waals surface area contributed by atoms with E-state index in [0.29, 0.717) is 15.2 Å². The summed E-state index contributed by atoms with van der Waals surface area (Å²) in [4.78, 5) is 0.540. The van der Waals surface area contributed by atoms with Crippen LogP contribution in [0.4, 0.5) is 0 Å². The van der Waals surface area contributed by atoms with E-state index >= 15 is 0 Å². The van der Waals surface area contributed by atoms with Crippen LogP contribution in [0.1, 0.15) is 18.9 Å². The third-order valence-corrected chi connectivity index (χ3v) is 5.91. The van der Waals surface area contributed by atoms with Gasteiger partial charge in [-0.15, -0.1) is 10.3 Å². The van der Waals surface area contributed by atoms with E-state index < -0.39 is 8.77 Å². The van der Waals surface area contributed by atoms with Gasteiger partial charge in [0.1, 0.15) is 8.77 Å². The first kappa shape index (κ1) is 11.8. The Kier molecular flexibility index (Phi) is 4.16. The zero-order chi connectivity index (χ0) is 10.6. The molecular weight excluding hydrogens is 216 g/mol. The van der Waals surface area contributed by atoms with Crippen LogP contribution in [0.15, 0.2) is 29.2 Å². The third-order valence-electron chi connectivity index (χ3n) is 1.82. The fraction of sp³-hybridized carbons (Fsp3) is 0.400. The maximum absolute atomic E-state index is 11.8. The summed E-state index contributed by atoms with van der Waals surface area (Å²) in [6.45, 7) is 3.98. The maximum Gasteiger partial charge on any atom is 0.130 e. The molecule has 0 aliphatic rings. The van der Waals surface area contributed by atoms with Gasteiger partial charge in [-0.2, -0.15) is 0 Å². The van der Waals surface area contributed by atoms with Gasteiger partial charge in [-0.25, -0.2) is 4.21 Å². The zero-order valence-corrected chi connectivity index (χ0v) is 10.1. The predicted octanol–water partition coefficient (Wildman–Crippen LogP) is 2.25. The molecule has 2 nitrogen and oxygen atoms in total. The fourth-order valence-corrected chi connectivity index (χ4v) is 4.18. The van der Waals surface area contributed by atoms with Gasteiger partial charge >= 0.3 is 0 Å². The highest BCUT2D eigenvalue weighted by atomic mass is 32.9. The summed E-state index contributed by atoms with van der Waals surface area (Å²) >= 11 is 0. The van der Waals surface area contributed by atoms with Gasteiger partial charge in [-0.05, 0) is 31.2 Å². The molecule has 0 heterocycles. The van der Waals surface area contributed by atoms with Crippen molar-refractivity contribution in [2.24, 2.45) is 0 Å². The Balaban J connectivity index is 3.04. The van der Waals surface area contributed by atoms with Gasteiger partial charge in [0.25, 0.3) is 0 Å². The van der Waals surface area contributed by atoms with Crippen LogP contribution in [0.2, 0.25) is 0 Å². The number of hydrogen-bond donors (Lipinski definition) is 2. The molecule has 0 radical (unpaired) electrons. The van der Waals surface area contributed by atoms with E-state index in [1.165, 1.54) is 0 Å². The number of thiol groups is 1. The number of benzene rings is 1. The van der Waals surface area contributed by atoms with E-state index in [2.05, 4.69) is 0 Å². The smallest absolute Gasteiger partial charge is 0.130 e. The lowest BCUT2D eigenvalue weighted by Crippen LogP contribution is -2.01. The largest absolute Gasteiger partial charge is 0.306 e. The molecule has 0 aliphatic heterocycles. The molecule has 1 aromatic rings. The first-order chi connectivity index (χ1) is 6.56. The second-order valence-corrected chi connectivity index (χ2v) is 7.59. The van der Waals surface area contributed by atoms with E-state index in [4.69, 9.17) is 0 Å². The summed E-state index contributed by atoms with van der Waals surface area (Å²) in [5.41, 5.74) is 1.11. The highest BCUT2D eigenvalue weighted by molar-refractivity contribution is 8.36. The second kappa shape index (κ2) is 4.96. The summed E-state index contributed by atoms with van der Waals surface area (Å²) in [5, 5.41) is 0. The minimum absolute atomic E-state index is 0.540. The Labute approximate surface area is 88.8 Å². The predicted molar refractivity (Wildman–Crippen MR) is 64.1 cm³/mol. The number of rotatable bonds is 3. The van der Waals surface area contributed by atoms with Crippen LogP contribution in [0.3, 0.4) is 0 Å². The number of hydrogen-bond acceptors (Lipinski definition) is 1. The first-order valence-corrected chi connectivity index (χ1v) is 7.78. The molecule has 14 heavy (non-hydrogen) atoms. The molecule has 4 heteroatoms. The maximum atomic E-state index is 11.8. The highest BCUT2D eigenvalue weighted by Gasteiger charge is 2.04. The van der Waals surface area contributed by atoms with Gasteiger partial charge in [0.15, 0.2) is 0 Å². The van der Waals surface area contributed by atoms with Gasteiger partial charge in [0, 0.05) is 0 Å². The molecule has 80 valence electrons. The van der Waals surface area contributed by atoms with E-state index in [0.717, 1.165) is 17.7 Å². The summed E-state index contributed by atoms with van der Waals surface area (Å²) in [7, 11) is -2.20. The van der Waals surface area contributed by atoms with Crippen molar-refractivity contribution in [3.8, 4) is 0 Å². The fourth-order valence-electron chi connectivity index (χ4n) is 1.01. The summed E-state index contributed by atoms with van der Waals surface area (Å²) < 4.78 is 21.5. The second-order valence-electron chi connectivity index (χ2n) is 3.16. The van der Waals surface area contributed by atoms with Crippen LogP contribution in [0, 0.1) is 6.92 Å². The Morgan fingerprint density at radius 3 is 2.43 bits per heavy atom. The van der Waals surface area contributed by atoms with E-state index in [1.54, 1.807) is 12.1 Å². The molecule has 0 saturated heterocycles. The molecule has 1 N–H and O–H groups in total. The summed E-state index contributed by atoms with van der Waals surface area (Å²) in [5.74, 6) is 0.767. The molecular formula is C10H16O2S2. The summed E-state index contributed by atoms with van der Waals surface area (Å²) in [6.07, 6.45) is 0.935. The molecule has 0 aliphatic carbocycles. The first-order valence-electron chi connectivity index (χ1n) is 4.58. The van der Waals surface area contributed by atoms with Gasteiger partial charge in [-0.3, -0.25) is 0 Å². The van der Waals surface area contributed by atoms with Gasteiger partial charge in [0.05, 0.1) is 4.90 Å². The van der Waals surface area contributed by atoms with Crippen molar-refractivity contribution in [1.82, 2.24) is 0 Å². The van der Waals surface area contributed by atoms with Crippen molar-refractivity contribution in [3.05, 3.63) is 29.8 Å². The average Bonchev–Trinajstić information content (AvgIpc) is 2.16. The van der Waals surface area contributed by atoms with Crippen LogP contribution in [0.25, 0.3) is 0 Å². The Morgan fingerprint density at radius 2 is 1.93 bits per heavy atom. The molecule has 1 atom stereocenters. The lowest BCUT2D eigenvalue weighted by Gasteiger charge is -2.03. The van der Waals surface area contributed by atoms with E-state index in [-0.39, 0.29) is 0 Å². The molecule has 0 fully saturated rings. The molecule has 1 aromatic carbocycles. The van der Waals surface area contributed by atoms with Crippen LogP contribution < -0.4 is 0 Å². The molecule has 1 rings (SSSR count). The van der Waals surface area contributed by atoms with Gasteiger partial charge in [0.2, 0.25) is 0 Å². The SMILES string of the molecule is CCC[SH]=S(=O)(O)c1ccc(C)cc1. The normalized spacial score (nSPS) is 15.1. The minimum Gasteiger partial charge on any atom is -0.306 e. The average molecular weight is 232 g/mol. The standard InChI is InChI=1S/C10H16O2S2/c1-3-8-13-14(11,12)10-6-4-9(2)5-7-10/h4-7,13H,3,8H2,1-2H3,(H,11,12). The van der Waals surface area contributed by atoms with Crippen LogP contribution in [-0.4, -0.2) is 14.5 Å². The van der Waals surface area contributed by atoms with Crippen LogP contribution >= 0.6 is 0 Å². The summed E-state index contributed by atoms with van der Waals surface area (Å²) in [6, 6.07) is 7.21. The molecule has 0 bridgehead atoms. The van der Waals surface area contributed by atoms with Crippen molar-refractivity contribution in [2.45, 2.75) is 25.2 Å². The quantitative estimate of drug-likeness (QED) is 0.784. The topological polar surface area (TPSA) is 37.3 Å². The molecule has 0 amide bonds. The Bertz CT molecular complexity index is 401. The van der Waals surface area contributed by atoms with Crippen molar-refractivity contribution >= 4 is 19.1 Å². The van der Waals surface area contributed by atoms with E-state index in [1.807, 2.05) is 26.0 Å². The monoisotopic (exact) mass is 232 g/mol. The molecule has 0 saturated carbocycles. The van der Waals surface area contributed by atoms with Crippen LogP contribution in [0.5, 0.6) is 0 Å². The lowest BCUT2D eigenvalue weighted by atomic mass is 10.2. The van der Waals surface area contributed by atoms with Crippen molar-refractivity contribution < 1.29 is 8.76 Å². The Morgan fingerprint density at radius 1 is 1.36 bits per heavy atom. The van der Waals surface area contributed by atoms with Crippen LogP contribution in [-0.2, 0) is 19.1 Å². The van der Waals surface area contributed by atoms with Crippen molar-refractivity contribution in [3.63, 3.8) is 0 Å². The van der Waals surface area contributed by atoms with Crippen molar-refractivity contribution in [2.75, 3.05) is 5.75 Å². The van der Waals surface area contributed by atoms with Gasteiger partial charge < -0.3 is 4.55 Å². The zero-order valence-electron chi connectivity index (χ0n) is 8.43. The third kappa shape index (κ3) is 3.12. The Hall–Kier alpha value is -0.320. The molecule has 0 spiro atoms. The molecule has 1 unspecified atom stereocenters. The lowest BCUT2D eigenvalue weighted by molar-refractivity contribution is 0.561. The molecule has 0 aromatic heterocycles.